The molecule has 2 N–H and O–H groups in total. The number of benzene rings is 1. The van der Waals surface area contributed by atoms with Crippen LogP contribution in [0.3, 0.4) is 0 Å². The van der Waals surface area contributed by atoms with Crippen LogP contribution in [0.25, 0.3) is 0 Å². The predicted molar refractivity (Wildman–Crippen MR) is 83.9 cm³/mol. The summed E-state index contributed by atoms with van der Waals surface area (Å²) in [5.41, 5.74) is 1.09. The molecule has 0 aliphatic carbocycles. The minimum Gasteiger partial charge on any atom is -0.490 e. The van der Waals surface area contributed by atoms with Gasteiger partial charge in [-0.1, -0.05) is 26.0 Å². The summed E-state index contributed by atoms with van der Waals surface area (Å²) < 4.78 is 11.5. The third kappa shape index (κ3) is 3.89. The molecule has 0 amide bonds. The first-order valence-corrected chi connectivity index (χ1v) is 7.93. The number of aliphatic hydroxyl groups excluding tert-OH is 1. The van der Waals surface area contributed by atoms with Crippen LogP contribution in [0.2, 0.25) is 0 Å². The zero-order valence-corrected chi connectivity index (χ0v) is 13.2. The fourth-order valence-corrected chi connectivity index (χ4v) is 2.64. The van der Waals surface area contributed by atoms with Gasteiger partial charge < -0.3 is 19.9 Å². The van der Waals surface area contributed by atoms with Gasteiger partial charge in [-0.2, -0.15) is 0 Å². The Morgan fingerprint density at radius 2 is 1.95 bits per heavy atom. The highest BCUT2D eigenvalue weighted by atomic mass is 16.5. The highest BCUT2D eigenvalue weighted by Gasteiger charge is 2.25. The Kier molecular flexibility index (Phi) is 5.88. The number of rotatable bonds is 7. The van der Waals surface area contributed by atoms with Gasteiger partial charge in [0, 0.05) is 37.1 Å². The van der Waals surface area contributed by atoms with Gasteiger partial charge in [0.25, 0.3) is 0 Å². The van der Waals surface area contributed by atoms with Crippen molar-refractivity contribution >= 4 is 0 Å². The van der Waals surface area contributed by atoms with Gasteiger partial charge in [0.05, 0.1) is 13.2 Å². The maximum Gasteiger partial charge on any atom is 0.165 e. The fraction of sp³-hybridized carbons (Fsp3) is 0.647. The minimum absolute atomic E-state index is 0.0247. The van der Waals surface area contributed by atoms with Crippen LogP contribution in [0.4, 0.5) is 0 Å². The van der Waals surface area contributed by atoms with Crippen LogP contribution in [-0.4, -0.2) is 31.5 Å². The molecule has 118 valence electrons. The summed E-state index contributed by atoms with van der Waals surface area (Å²) >= 11 is 0. The molecule has 0 aromatic heterocycles. The predicted octanol–water partition coefficient (Wildman–Crippen LogP) is 2.74. The molecule has 0 saturated carbocycles. The maximum atomic E-state index is 9.62. The van der Waals surface area contributed by atoms with Gasteiger partial charge in [-0.05, 0) is 18.9 Å². The van der Waals surface area contributed by atoms with Gasteiger partial charge in [0.15, 0.2) is 11.5 Å². The van der Waals surface area contributed by atoms with E-state index in [2.05, 4.69) is 25.2 Å². The van der Waals surface area contributed by atoms with E-state index >= 15 is 0 Å². The molecule has 0 saturated heterocycles. The SMILES string of the molecule is CCC(CC)(CO)CNCc1cccc2c1OCCCO2. The number of nitrogens with one attached hydrogen (secondary N) is 1. The third-order valence-corrected chi connectivity index (χ3v) is 4.50. The Bertz CT molecular complexity index is 435. The van der Waals surface area contributed by atoms with Crippen molar-refractivity contribution < 1.29 is 14.6 Å². The van der Waals surface area contributed by atoms with Crippen molar-refractivity contribution in [1.82, 2.24) is 5.32 Å². The number of fused-ring (bicyclic) bond motifs is 1. The van der Waals surface area contributed by atoms with Crippen LogP contribution >= 0.6 is 0 Å². The fourth-order valence-electron chi connectivity index (χ4n) is 2.64. The van der Waals surface area contributed by atoms with Crippen LogP contribution in [0.5, 0.6) is 11.5 Å². The second-order valence-electron chi connectivity index (χ2n) is 5.76. The lowest BCUT2D eigenvalue weighted by Crippen LogP contribution is -2.36. The Hall–Kier alpha value is -1.26. The standard InChI is InChI=1S/C17H27NO3/c1-3-17(4-2,13-19)12-18-11-14-7-5-8-15-16(14)21-10-6-9-20-15/h5,7-8,18-19H,3-4,6,9-13H2,1-2H3. The van der Waals surface area contributed by atoms with E-state index in [1.165, 1.54) is 0 Å². The van der Waals surface area contributed by atoms with Crippen molar-refractivity contribution in [1.29, 1.82) is 0 Å². The van der Waals surface area contributed by atoms with E-state index in [9.17, 15) is 5.11 Å². The summed E-state index contributed by atoms with van der Waals surface area (Å²) in [6.45, 7) is 7.44. The van der Waals surface area contributed by atoms with E-state index in [0.717, 1.165) is 49.4 Å². The van der Waals surface area contributed by atoms with Gasteiger partial charge in [-0.15, -0.1) is 0 Å². The van der Waals surface area contributed by atoms with E-state index in [1.54, 1.807) is 0 Å². The van der Waals surface area contributed by atoms with Crippen LogP contribution in [0.15, 0.2) is 18.2 Å². The van der Waals surface area contributed by atoms with Gasteiger partial charge in [-0.3, -0.25) is 0 Å². The highest BCUT2D eigenvalue weighted by molar-refractivity contribution is 5.47. The first kappa shape index (κ1) is 16.1. The molecular weight excluding hydrogens is 266 g/mol. The van der Waals surface area contributed by atoms with Crippen LogP contribution in [0.1, 0.15) is 38.7 Å². The van der Waals surface area contributed by atoms with Crippen LogP contribution in [0, 0.1) is 5.41 Å². The molecule has 21 heavy (non-hydrogen) atoms. The molecule has 4 heteroatoms. The lowest BCUT2D eigenvalue weighted by molar-refractivity contribution is 0.113. The zero-order chi connectivity index (χ0) is 15.1. The smallest absolute Gasteiger partial charge is 0.165 e. The molecule has 2 rings (SSSR count). The number of hydrogen-bond donors (Lipinski definition) is 2. The van der Waals surface area contributed by atoms with E-state index < -0.39 is 0 Å². The molecule has 1 aliphatic heterocycles. The molecular formula is C17H27NO3. The average molecular weight is 293 g/mol. The number of aliphatic hydroxyl groups is 1. The summed E-state index contributed by atoms with van der Waals surface area (Å²) in [6, 6.07) is 6.03. The topological polar surface area (TPSA) is 50.7 Å². The lowest BCUT2D eigenvalue weighted by Gasteiger charge is -2.29. The van der Waals surface area contributed by atoms with Gasteiger partial charge >= 0.3 is 0 Å². The molecule has 0 unspecified atom stereocenters. The maximum absolute atomic E-state index is 9.62. The van der Waals surface area contributed by atoms with E-state index in [4.69, 9.17) is 9.47 Å². The average Bonchev–Trinajstić information content (AvgIpc) is 2.78. The number of para-hydroxylation sites is 1. The van der Waals surface area contributed by atoms with Crippen molar-refractivity contribution in [2.45, 2.75) is 39.7 Å². The zero-order valence-electron chi connectivity index (χ0n) is 13.2. The summed E-state index contributed by atoms with van der Waals surface area (Å²) in [6.07, 6.45) is 2.86. The molecule has 1 aromatic rings. The molecule has 1 aromatic carbocycles. The first-order chi connectivity index (χ1) is 10.2. The van der Waals surface area contributed by atoms with Gasteiger partial charge in [-0.25, -0.2) is 0 Å². The van der Waals surface area contributed by atoms with Crippen molar-refractivity contribution in [3.8, 4) is 11.5 Å². The van der Waals surface area contributed by atoms with Crippen molar-refractivity contribution in [3.05, 3.63) is 23.8 Å². The third-order valence-electron chi connectivity index (χ3n) is 4.50. The van der Waals surface area contributed by atoms with Gasteiger partial charge in [0.1, 0.15) is 0 Å². The summed E-state index contributed by atoms with van der Waals surface area (Å²) in [5, 5.41) is 13.1. The Balaban J connectivity index is 2.00. The molecule has 0 spiro atoms. The van der Waals surface area contributed by atoms with E-state index in [1.807, 2.05) is 12.1 Å². The quantitative estimate of drug-likeness (QED) is 0.811. The first-order valence-electron chi connectivity index (χ1n) is 7.93. The highest BCUT2D eigenvalue weighted by Crippen LogP contribution is 2.33. The monoisotopic (exact) mass is 293 g/mol. The van der Waals surface area contributed by atoms with Crippen molar-refractivity contribution in [3.63, 3.8) is 0 Å². The summed E-state index contributed by atoms with van der Waals surface area (Å²) in [7, 11) is 0. The summed E-state index contributed by atoms with van der Waals surface area (Å²) in [5.74, 6) is 1.70. The summed E-state index contributed by atoms with van der Waals surface area (Å²) in [4.78, 5) is 0. The van der Waals surface area contributed by atoms with Gasteiger partial charge in [0.2, 0.25) is 0 Å². The number of ether oxygens (including phenoxy) is 2. The molecule has 0 fully saturated rings. The van der Waals surface area contributed by atoms with Crippen LogP contribution in [-0.2, 0) is 6.54 Å². The van der Waals surface area contributed by atoms with Crippen molar-refractivity contribution in [2.24, 2.45) is 5.41 Å². The molecule has 0 bridgehead atoms. The van der Waals surface area contributed by atoms with Crippen LogP contribution < -0.4 is 14.8 Å². The largest absolute Gasteiger partial charge is 0.490 e. The minimum atomic E-state index is -0.0247. The van der Waals surface area contributed by atoms with Crippen molar-refractivity contribution in [2.75, 3.05) is 26.4 Å². The Morgan fingerprint density at radius 3 is 2.67 bits per heavy atom. The Labute approximate surface area is 127 Å². The lowest BCUT2D eigenvalue weighted by atomic mass is 9.83. The normalized spacial score (nSPS) is 14.8. The second-order valence-corrected chi connectivity index (χ2v) is 5.76. The molecule has 0 radical (unpaired) electrons. The molecule has 1 heterocycles. The molecule has 0 atom stereocenters. The van der Waals surface area contributed by atoms with E-state index in [-0.39, 0.29) is 12.0 Å². The van der Waals surface area contributed by atoms with E-state index in [0.29, 0.717) is 13.2 Å². The number of hydrogen-bond acceptors (Lipinski definition) is 4. The Morgan fingerprint density at radius 1 is 1.19 bits per heavy atom. The second kappa shape index (κ2) is 7.66. The molecule has 1 aliphatic rings. The molecule has 4 nitrogen and oxygen atoms in total.